The third kappa shape index (κ3) is 3.75. The zero-order valence-electron chi connectivity index (χ0n) is 19.8. The molecule has 1 aliphatic rings. The van der Waals surface area contributed by atoms with Gasteiger partial charge in [-0.3, -0.25) is 14.0 Å². The minimum atomic E-state index is -3.89. The lowest BCUT2D eigenvalue weighted by Crippen LogP contribution is -2.31. The third-order valence-electron chi connectivity index (χ3n) is 6.34. The van der Waals surface area contributed by atoms with Crippen LogP contribution in [0, 0.1) is 13.8 Å². The average Bonchev–Trinajstić information content (AvgIpc) is 3.48. The van der Waals surface area contributed by atoms with Crippen LogP contribution in [0.15, 0.2) is 47.8 Å². The zero-order valence-corrected chi connectivity index (χ0v) is 20.6. The number of fused-ring (bicyclic) bond motifs is 3. The van der Waals surface area contributed by atoms with Crippen molar-refractivity contribution in [3.8, 4) is 0 Å². The Kier molecular flexibility index (Phi) is 5.39. The molecule has 4 aromatic rings. The van der Waals surface area contributed by atoms with E-state index in [1.54, 1.807) is 47.8 Å². The van der Waals surface area contributed by atoms with Gasteiger partial charge in [0, 0.05) is 26.5 Å². The average molecular weight is 496 g/mol. The summed E-state index contributed by atoms with van der Waals surface area (Å²) in [6, 6.07) is 6.21. The van der Waals surface area contributed by atoms with Crippen molar-refractivity contribution in [3.63, 3.8) is 0 Å². The molecule has 1 fully saturated rings. The lowest BCUT2D eigenvalue weighted by molar-refractivity contribution is -0.146. The summed E-state index contributed by atoms with van der Waals surface area (Å²) in [4.78, 5) is 34.8. The topological polar surface area (TPSA) is 116 Å². The lowest BCUT2D eigenvalue weighted by atomic mass is 10.2. The molecule has 0 bridgehead atoms. The molecule has 3 aromatic heterocycles. The highest BCUT2D eigenvalue weighted by Gasteiger charge is 2.39. The summed E-state index contributed by atoms with van der Waals surface area (Å²) in [6.45, 7) is 6.78. The van der Waals surface area contributed by atoms with Crippen LogP contribution < -0.4 is 0 Å². The molecule has 0 aliphatic carbocycles. The third-order valence-corrected chi connectivity index (χ3v) is 8.00. The number of hydrogen-bond acceptors (Lipinski definition) is 7. The summed E-state index contributed by atoms with van der Waals surface area (Å²) in [5.41, 5.74) is 3.17. The van der Waals surface area contributed by atoms with Gasteiger partial charge in [0.2, 0.25) is 5.91 Å². The van der Waals surface area contributed by atoms with E-state index < -0.39 is 28.1 Å². The predicted octanol–water partition coefficient (Wildman–Crippen LogP) is 2.76. The SMILES string of the molecule is CC(=O)OC1CC(c2ncc3cnc4c(c(C)cn4S(=O)(=O)c4ccc(C)cc4)n23)N(C(C)=O)C1. The molecule has 10 nitrogen and oxygen atoms in total. The molecule has 35 heavy (non-hydrogen) atoms. The highest BCUT2D eigenvalue weighted by atomic mass is 32.2. The van der Waals surface area contributed by atoms with Crippen molar-refractivity contribution in [1.82, 2.24) is 23.2 Å². The van der Waals surface area contributed by atoms with Crippen molar-refractivity contribution in [2.45, 2.75) is 51.2 Å². The number of aryl methyl sites for hydroxylation is 2. The number of benzene rings is 1. The van der Waals surface area contributed by atoms with Crippen molar-refractivity contribution < 1.29 is 22.7 Å². The summed E-state index contributed by atoms with van der Waals surface area (Å²) in [5.74, 6) is -0.0123. The van der Waals surface area contributed by atoms with Crippen LogP contribution in [0.4, 0.5) is 0 Å². The number of carbonyl (C=O) groups excluding carboxylic acids is 2. The van der Waals surface area contributed by atoms with Gasteiger partial charge in [-0.05, 0) is 31.5 Å². The quantitative estimate of drug-likeness (QED) is 0.400. The fourth-order valence-electron chi connectivity index (χ4n) is 4.77. The van der Waals surface area contributed by atoms with Crippen LogP contribution in [-0.4, -0.2) is 56.2 Å². The van der Waals surface area contributed by atoms with Crippen molar-refractivity contribution in [1.29, 1.82) is 0 Å². The lowest BCUT2D eigenvalue weighted by Gasteiger charge is -2.22. The standard InChI is InChI=1S/C24H25N5O5S/c1-14-5-7-20(8-6-14)35(32,33)28-12-15(2)22-24(28)26-11-18-10-25-23(29(18)22)21-9-19(34-17(4)31)13-27(21)16(3)30/h5-8,10-12,19,21H,9,13H2,1-4H3. The van der Waals surface area contributed by atoms with E-state index >= 15 is 0 Å². The second-order valence-electron chi connectivity index (χ2n) is 8.89. The normalized spacial score (nSPS) is 18.5. The van der Waals surface area contributed by atoms with Gasteiger partial charge in [0.15, 0.2) is 5.65 Å². The molecular formula is C24H25N5O5S. The summed E-state index contributed by atoms with van der Waals surface area (Å²) in [5, 5.41) is 0. The molecule has 4 heterocycles. The minimum absolute atomic E-state index is 0.163. The number of rotatable bonds is 4. The Hall–Kier alpha value is -3.73. The predicted molar refractivity (Wildman–Crippen MR) is 127 cm³/mol. The molecule has 1 amide bonds. The van der Waals surface area contributed by atoms with E-state index in [2.05, 4.69) is 9.97 Å². The summed E-state index contributed by atoms with van der Waals surface area (Å²) >= 11 is 0. The highest BCUT2D eigenvalue weighted by molar-refractivity contribution is 7.90. The molecule has 182 valence electrons. The van der Waals surface area contributed by atoms with Crippen molar-refractivity contribution in [3.05, 3.63) is 59.8 Å². The molecule has 1 aromatic carbocycles. The molecule has 2 atom stereocenters. The van der Waals surface area contributed by atoms with Crippen LogP contribution in [-0.2, 0) is 24.3 Å². The second kappa shape index (κ2) is 8.19. The molecule has 0 saturated carbocycles. The fourth-order valence-corrected chi connectivity index (χ4v) is 6.13. The van der Waals surface area contributed by atoms with Gasteiger partial charge < -0.3 is 9.64 Å². The maximum absolute atomic E-state index is 13.5. The first kappa shape index (κ1) is 23.0. The van der Waals surface area contributed by atoms with Gasteiger partial charge in [0.05, 0.1) is 40.9 Å². The van der Waals surface area contributed by atoms with E-state index in [9.17, 15) is 18.0 Å². The summed E-state index contributed by atoms with van der Waals surface area (Å²) < 4.78 is 35.4. The molecule has 0 radical (unpaired) electrons. The van der Waals surface area contributed by atoms with Crippen LogP contribution in [0.3, 0.4) is 0 Å². The fraction of sp³-hybridized carbons (Fsp3) is 0.333. The Morgan fingerprint density at radius 2 is 1.74 bits per heavy atom. The van der Waals surface area contributed by atoms with Crippen LogP contribution in [0.2, 0.25) is 0 Å². The Balaban J connectivity index is 1.68. The van der Waals surface area contributed by atoms with E-state index in [1.165, 1.54) is 17.8 Å². The van der Waals surface area contributed by atoms with Gasteiger partial charge in [0.25, 0.3) is 10.0 Å². The van der Waals surface area contributed by atoms with Crippen LogP contribution in [0.25, 0.3) is 16.7 Å². The summed E-state index contributed by atoms with van der Waals surface area (Å²) in [7, 11) is -3.89. The van der Waals surface area contributed by atoms with E-state index in [0.717, 1.165) is 5.56 Å². The summed E-state index contributed by atoms with van der Waals surface area (Å²) in [6.07, 6.45) is 4.71. The molecular weight excluding hydrogens is 470 g/mol. The maximum Gasteiger partial charge on any atom is 0.302 e. The van der Waals surface area contributed by atoms with E-state index in [-0.39, 0.29) is 23.0 Å². The Labute approximate surface area is 202 Å². The van der Waals surface area contributed by atoms with Gasteiger partial charge in [-0.2, -0.15) is 0 Å². The first-order valence-electron chi connectivity index (χ1n) is 11.2. The highest BCUT2D eigenvalue weighted by Crippen LogP contribution is 2.35. The molecule has 0 N–H and O–H groups in total. The Morgan fingerprint density at radius 1 is 1.06 bits per heavy atom. The number of likely N-dealkylation sites (tertiary alicyclic amines) is 1. The largest absolute Gasteiger partial charge is 0.461 e. The molecule has 1 saturated heterocycles. The van der Waals surface area contributed by atoms with Crippen LogP contribution >= 0.6 is 0 Å². The molecule has 2 unspecified atom stereocenters. The van der Waals surface area contributed by atoms with Gasteiger partial charge in [0.1, 0.15) is 11.9 Å². The first-order chi connectivity index (χ1) is 16.6. The molecule has 5 rings (SSSR count). The monoisotopic (exact) mass is 495 g/mol. The van der Waals surface area contributed by atoms with E-state index in [1.807, 2.05) is 18.2 Å². The Bertz CT molecular complexity index is 1590. The Morgan fingerprint density at radius 3 is 2.40 bits per heavy atom. The first-order valence-corrected chi connectivity index (χ1v) is 12.6. The number of ether oxygens (including phenoxy) is 1. The number of amides is 1. The molecule has 0 spiro atoms. The van der Waals surface area contributed by atoms with Crippen LogP contribution in [0.5, 0.6) is 0 Å². The number of carbonyl (C=O) groups is 2. The zero-order chi connectivity index (χ0) is 25.1. The molecule has 11 heteroatoms. The number of imidazole rings is 1. The van der Waals surface area contributed by atoms with Gasteiger partial charge in [-0.25, -0.2) is 22.4 Å². The van der Waals surface area contributed by atoms with E-state index in [4.69, 9.17) is 4.74 Å². The number of nitrogens with zero attached hydrogens (tertiary/aromatic N) is 5. The minimum Gasteiger partial charge on any atom is -0.461 e. The van der Waals surface area contributed by atoms with Gasteiger partial charge in [-0.1, -0.05) is 17.7 Å². The maximum atomic E-state index is 13.5. The smallest absolute Gasteiger partial charge is 0.302 e. The van der Waals surface area contributed by atoms with Crippen molar-refractivity contribution in [2.75, 3.05) is 6.54 Å². The van der Waals surface area contributed by atoms with Crippen LogP contribution in [0.1, 0.15) is 43.3 Å². The molecule has 1 aliphatic heterocycles. The van der Waals surface area contributed by atoms with Crippen molar-refractivity contribution >= 4 is 38.6 Å². The number of aromatic nitrogens is 4. The van der Waals surface area contributed by atoms with Crippen molar-refractivity contribution in [2.24, 2.45) is 0 Å². The van der Waals surface area contributed by atoms with Gasteiger partial charge in [-0.15, -0.1) is 0 Å². The second-order valence-corrected chi connectivity index (χ2v) is 10.7. The van der Waals surface area contributed by atoms with E-state index in [0.29, 0.717) is 28.8 Å². The van der Waals surface area contributed by atoms with Gasteiger partial charge >= 0.3 is 5.97 Å². The number of esters is 1. The number of hydrogen-bond donors (Lipinski definition) is 0.